The zero-order valence-corrected chi connectivity index (χ0v) is 17.7. The molecule has 7 nitrogen and oxygen atoms in total. The monoisotopic (exact) mass is 416 g/mol. The third kappa shape index (κ3) is 5.34. The molecule has 0 fully saturated rings. The number of hydrogen-bond donors (Lipinski definition) is 1. The first-order chi connectivity index (χ1) is 13.8. The van der Waals surface area contributed by atoms with Gasteiger partial charge in [0.05, 0.1) is 10.5 Å². The number of hydrogen-bond acceptors (Lipinski definition) is 4. The van der Waals surface area contributed by atoms with E-state index >= 15 is 0 Å². The first-order valence-corrected chi connectivity index (χ1v) is 9.37. The van der Waals surface area contributed by atoms with Gasteiger partial charge in [0.1, 0.15) is 5.69 Å². The molecule has 1 heterocycles. The fourth-order valence-electron chi connectivity index (χ4n) is 2.92. The van der Waals surface area contributed by atoms with Gasteiger partial charge in [0.2, 0.25) is 0 Å². The molecule has 0 saturated carbocycles. The normalized spacial score (nSPS) is 10.6. The second-order valence-electron chi connectivity index (χ2n) is 6.82. The van der Waals surface area contributed by atoms with E-state index in [1.165, 1.54) is 0 Å². The van der Waals surface area contributed by atoms with Crippen LogP contribution in [0.3, 0.4) is 0 Å². The molecule has 0 unspecified atom stereocenters. The number of amides is 1. The Morgan fingerprint density at radius 2 is 1.76 bits per heavy atom. The summed E-state index contributed by atoms with van der Waals surface area (Å²) in [7, 11) is 7.72. The maximum atomic E-state index is 12.5. The number of aromatic nitrogens is 2. The summed E-state index contributed by atoms with van der Waals surface area (Å²) in [6.45, 7) is 1.27. The third-order valence-corrected chi connectivity index (χ3v) is 4.78. The van der Waals surface area contributed by atoms with Crippen LogP contribution in [0.2, 0.25) is 5.02 Å². The molecule has 8 heteroatoms. The minimum atomic E-state index is -0.250. The van der Waals surface area contributed by atoms with Crippen molar-refractivity contribution in [1.29, 1.82) is 0 Å². The molecule has 3 rings (SSSR count). The molecule has 0 aliphatic rings. The zero-order valence-electron chi connectivity index (χ0n) is 17.0. The highest BCUT2D eigenvalue weighted by atomic mass is 35.5. The number of rotatable bonds is 5. The highest BCUT2D eigenvalue weighted by Crippen LogP contribution is 2.33. The highest BCUT2D eigenvalue weighted by molar-refractivity contribution is 6.36. The van der Waals surface area contributed by atoms with Crippen molar-refractivity contribution in [3.63, 3.8) is 0 Å². The Hall–Kier alpha value is -2.90. The molecule has 1 N–H and O–H groups in total. The molecule has 154 valence electrons. The number of carbonyl (C=O) groups excluding carboxylic acids is 1. The topological polar surface area (TPSA) is 78.7 Å². The smallest absolute Gasteiger partial charge is 0.290 e. The molecule has 0 spiro atoms. The lowest BCUT2D eigenvalue weighted by atomic mass is 10.1. The van der Waals surface area contributed by atoms with E-state index in [2.05, 4.69) is 10.00 Å². The zero-order chi connectivity index (χ0) is 21.6. The van der Waals surface area contributed by atoms with Crippen molar-refractivity contribution in [2.45, 2.75) is 0 Å². The summed E-state index contributed by atoms with van der Waals surface area (Å²) in [5, 5.41) is 13.1. The fourth-order valence-corrected chi connectivity index (χ4v) is 3.17. The van der Waals surface area contributed by atoms with Crippen molar-refractivity contribution >= 4 is 34.9 Å². The van der Waals surface area contributed by atoms with Gasteiger partial charge in [-0.25, -0.2) is 0 Å². The van der Waals surface area contributed by atoms with Crippen LogP contribution in [-0.2, 0) is 11.8 Å². The van der Waals surface area contributed by atoms with Crippen LogP contribution in [0.25, 0.3) is 22.2 Å². The number of aryl methyl sites for hydroxylation is 1. The van der Waals surface area contributed by atoms with Crippen LogP contribution >= 0.6 is 11.6 Å². The lowest BCUT2D eigenvalue weighted by Gasteiger charge is -2.19. The summed E-state index contributed by atoms with van der Waals surface area (Å²) in [6, 6.07) is 13.3. The summed E-state index contributed by atoms with van der Waals surface area (Å²) in [5.74, 6) is 0.0160. The summed E-state index contributed by atoms with van der Waals surface area (Å²) in [4.78, 5) is 24.7. The van der Waals surface area contributed by atoms with E-state index in [-0.39, 0.29) is 12.4 Å². The number of fused-ring (bicyclic) bond motifs is 1. The number of halogens is 1. The van der Waals surface area contributed by atoms with Crippen LogP contribution < -0.4 is 0 Å². The Balaban J connectivity index is 0.000000941. The minimum absolute atomic E-state index is 0.0160. The second kappa shape index (κ2) is 10.0. The Morgan fingerprint density at radius 3 is 2.34 bits per heavy atom. The quantitative estimate of drug-likeness (QED) is 0.646. The number of nitrogens with zero attached hydrogens (tertiary/aromatic N) is 4. The third-order valence-electron chi connectivity index (χ3n) is 4.46. The molecule has 0 bridgehead atoms. The largest absolute Gasteiger partial charge is 0.483 e. The van der Waals surface area contributed by atoms with Crippen LogP contribution in [0, 0.1) is 0 Å². The molecule has 1 aromatic heterocycles. The van der Waals surface area contributed by atoms with Crippen molar-refractivity contribution in [3.8, 4) is 11.3 Å². The SMILES string of the molecule is CN(C)CCN(C)C(=O)c1ccc(-c2nn(C)c3cccc(Cl)c23)cc1.O=CO. The Morgan fingerprint density at radius 1 is 1.14 bits per heavy atom. The van der Waals surface area contributed by atoms with E-state index in [1.54, 1.807) is 4.90 Å². The summed E-state index contributed by atoms with van der Waals surface area (Å²) in [6.07, 6.45) is 0. The molecule has 0 radical (unpaired) electrons. The number of likely N-dealkylation sites (N-methyl/N-ethyl adjacent to an activating group) is 2. The van der Waals surface area contributed by atoms with Gasteiger partial charge in [-0.05, 0) is 38.4 Å². The standard InChI is InChI=1S/C20H23ClN4O.CH2O2/c1-23(2)12-13-24(3)20(26)15-10-8-14(9-11-15)19-18-16(21)6-5-7-17(18)25(4)22-19;2-1-3/h5-11H,12-13H2,1-4H3;1H,(H,2,3). The molecule has 0 aliphatic carbocycles. The lowest BCUT2D eigenvalue weighted by Crippen LogP contribution is -2.33. The molecule has 3 aromatic rings. The van der Waals surface area contributed by atoms with Crippen LogP contribution in [0.4, 0.5) is 0 Å². The predicted molar refractivity (Wildman–Crippen MR) is 115 cm³/mol. The molecular weight excluding hydrogens is 392 g/mol. The van der Waals surface area contributed by atoms with Gasteiger partial charge in [-0.15, -0.1) is 0 Å². The van der Waals surface area contributed by atoms with Gasteiger partial charge in [-0.3, -0.25) is 14.3 Å². The van der Waals surface area contributed by atoms with Gasteiger partial charge in [0.25, 0.3) is 12.4 Å². The molecular formula is C21H25ClN4O3. The number of carbonyl (C=O) groups is 2. The van der Waals surface area contributed by atoms with E-state index in [0.717, 1.165) is 28.7 Å². The Bertz CT molecular complexity index is 984. The van der Waals surface area contributed by atoms with Crippen molar-refractivity contribution in [2.24, 2.45) is 7.05 Å². The van der Waals surface area contributed by atoms with Crippen LogP contribution in [0.15, 0.2) is 42.5 Å². The molecule has 0 atom stereocenters. The van der Waals surface area contributed by atoms with Crippen LogP contribution in [-0.4, -0.2) is 71.3 Å². The number of carboxylic acid groups (broad SMARTS) is 1. The van der Waals surface area contributed by atoms with E-state index in [9.17, 15) is 4.79 Å². The van der Waals surface area contributed by atoms with E-state index < -0.39 is 0 Å². The molecule has 0 saturated heterocycles. The Labute approximate surface area is 175 Å². The van der Waals surface area contributed by atoms with Crippen LogP contribution in [0.5, 0.6) is 0 Å². The first kappa shape index (κ1) is 22.4. The Kier molecular flexibility index (Phi) is 7.75. The highest BCUT2D eigenvalue weighted by Gasteiger charge is 2.15. The van der Waals surface area contributed by atoms with Crippen LogP contribution in [0.1, 0.15) is 10.4 Å². The van der Waals surface area contributed by atoms with Gasteiger partial charge >= 0.3 is 0 Å². The number of benzene rings is 2. The minimum Gasteiger partial charge on any atom is -0.483 e. The van der Waals surface area contributed by atoms with Gasteiger partial charge in [0.15, 0.2) is 0 Å². The van der Waals surface area contributed by atoms with Crippen molar-refractivity contribution in [2.75, 3.05) is 34.2 Å². The van der Waals surface area contributed by atoms with E-state index in [1.807, 2.05) is 75.3 Å². The van der Waals surface area contributed by atoms with Gasteiger partial charge < -0.3 is 14.9 Å². The average molecular weight is 417 g/mol. The van der Waals surface area contributed by atoms with Gasteiger partial charge in [-0.2, -0.15) is 5.10 Å². The van der Waals surface area contributed by atoms with E-state index in [0.29, 0.717) is 17.1 Å². The second-order valence-corrected chi connectivity index (χ2v) is 7.23. The summed E-state index contributed by atoms with van der Waals surface area (Å²) in [5.41, 5.74) is 3.42. The molecule has 29 heavy (non-hydrogen) atoms. The maximum absolute atomic E-state index is 12.5. The molecule has 1 amide bonds. The van der Waals surface area contributed by atoms with E-state index in [4.69, 9.17) is 21.5 Å². The summed E-state index contributed by atoms with van der Waals surface area (Å²) >= 11 is 6.39. The average Bonchev–Trinajstić information content (AvgIpc) is 3.04. The first-order valence-electron chi connectivity index (χ1n) is 8.99. The van der Waals surface area contributed by atoms with Crippen molar-refractivity contribution < 1.29 is 14.7 Å². The fraction of sp³-hybridized carbons (Fsp3) is 0.286. The van der Waals surface area contributed by atoms with Crippen molar-refractivity contribution in [1.82, 2.24) is 19.6 Å². The lowest BCUT2D eigenvalue weighted by molar-refractivity contribution is -0.122. The molecule has 0 aliphatic heterocycles. The summed E-state index contributed by atoms with van der Waals surface area (Å²) < 4.78 is 1.82. The van der Waals surface area contributed by atoms with Crippen molar-refractivity contribution in [3.05, 3.63) is 53.1 Å². The maximum Gasteiger partial charge on any atom is 0.290 e. The van der Waals surface area contributed by atoms with Gasteiger partial charge in [0, 0.05) is 43.7 Å². The van der Waals surface area contributed by atoms with Gasteiger partial charge in [-0.1, -0.05) is 29.8 Å². The molecule has 2 aromatic carbocycles. The predicted octanol–water partition coefficient (Wildman–Crippen LogP) is 3.23.